The summed E-state index contributed by atoms with van der Waals surface area (Å²) >= 11 is 0. The van der Waals surface area contributed by atoms with Crippen LogP contribution in [-0.4, -0.2) is 30.5 Å². The lowest BCUT2D eigenvalue weighted by Crippen LogP contribution is -2.10. The Morgan fingerprint density at radius 2 is 2.04 bits per heavy atom. The monoisotopic (exact) mass is 395 g/mol. The molecule has 0 amide bonds. The maximum atomic E-state index is 12.8. The van der Waals surface area contributed by atoms with Crippen molar-refractivity contribution in [2.75, 3.05) is 6.61 Å². The third-order valence-corrected chi connectivity index (χ3v) is 3.31. The van der Waals surface area contributed by atoms with Crippen molar-refractivity contribution < 1.29 is 44.3 Å². The van der Waals surface area contributed by atoms with E-state index < -0.39 is 33.9 Å². The Bertz CT molecular complexity index is 906. The Kier molecular flexibility index (Phi) is 5.56. The molecule has 2 rings (SSSR count). The highest BCUT2D eigenvalue weighted by molar-refractivity contribution is 7.81. The summed E-state index contributed by atoms with van der Waals surface area (Å²) in [7, 11) is -5.10. The second kappa shape index (κ2) is 7.33. The van der Waals surface area contributed by atoms with Gasteiger partial charge in [-0.25, -0.2) is 4.98 Å². The molecule has 1 N–H and O–H groups in total. The molecule has 26 heavy (non-hydrogen) atoms. The largest absolute Gasteiger partial charge is 0.466 e. The lowest BCUT2D eigenvalue weighted by molar-refractivity contribution is -0.142. The maximum Gasteiger partial charge on any atom is 0.446 e. The van der Waals surface area contributed by atoms with Crippen LogP contribution in [0.2, 0.25) is 0 Å². The van der Waals surface area contributed by atoms with Crippen LogP contribution in [0.25, 0.3) is 11.5 Å². The van der Waals surface area contributed by atoms with Gasteiger partial charge in [0, 0.05) is 0 Å². The van der Waals surface area contributed by atoms with Crippen LogP contribution >= 0.6 is 0 Å². The fraction of sp³-hybridized carbons (Fsp3) is 0.286. The first kappa shape index (κ1) is 19.7. The summed E-state index contributed by atoms with van der Waals surface area (Å²) in [5, 5.41) is 0. The number of benzene rings is 1. The second-order valence-electron chi connectivity index (χ2n) is 4.85. The minimum Gasteiger partial charge on any atom is -0.466 e. The van der Waals surface area contributed by atoms with Crippen molar-refractivity contribution in [1.82, 2.24) is 4.98 Å². The van der Waals surface area contributed by atoms with Crippen molar-refractivity contribution >= 4 is 16.4 Å². The molecule has 0 radical (unpaired) electrons. The second-order valence-corrected chi connectivity index (χ2v) is 5.87. The average molecular weight is 395 g/mol. The van der Waals surface area contributed by atoms with Gasteiger partial charge >= 0.3 is 22.5 Å². The molecule has 0 aliphatic rings. The summed E-state index contributed by atoms with van der Waals surface area (Å²) in [5.41, 5.74) is -1.37. The molecule has 0 spiro atoms. The SMILES string of the molecule is CCOC(=O)Cc1coc(-c2ccc(C(F)(F)F)cc2OS(=O)(=O)O)n1. The average Bonchev–Trinajstić information content (AvgIpc) is 2.93. The highest BCUT2D eigenvalue weighted by Crippen LogP contribution is 2.37. The smallest absolute Gasteiger partial charge is 0.446 e. The van der Waals surface area contributed by atoms with E-state index in [-0.39, 0.29) is 30.2 Å². The summed E-state index contributed by atoms with van der Waals surface area (Å²) < 4.78 is 82.9. The lowest BCUT2D eigenvalue weighted by atomic mass is 10.1. The minimum absolute atomic E-state index is 0.108. The Morgan fingerprint density at radius 3 is 2.62 bits per heavy atom. The first-order valence-electron chi connectivity index (χ1n) is 6.98. The molecular weight excluding hydrogens is 383 g/mol. The number of esters is 1. The number of hydrogen-bond acceptors (Lipinski definition) is 7. The van der Waals surface area contributed by atoms with Gasteiger partial charge in [-0.05, 0) is 25.1 Å². The Morgan fingerprint density at radius 1 is 1.35 bits per heavy atom. The molecule has 0 saturated carbocycles. The fourth-order valence-electron chi connectivity index (χ4n) is 1.93. The molecule has 0 aliphatic carbocycles. The summed E-state index contributed by atoms with van der Waals surface area (Å²) in [5.74, 6) is -1.75. The van der Waals surface area contributed by atoms with Crippen LogP contribution in [0.15, 0.2) is 28.9 Å². The topological polar surface area (TPSA) is 116 Å². The van der Waals surface area contributed by atoms with Crippen molar-refractivity contribution in [1.29, 1.82) is 0 Å². The third kappa shape index (κ3) is 5.20. The van der Waals surface area contributed by atoms with Crippen molar-refractivity contribution in [2.24, 2.45) is 0 Å². The van der Waals surface area contributed by atoms with Gasteiger partial charge in [-0.1, -0.05) is 0 Å². The number of rotatable bonds is 6. The Balaban J connectivity index is 2.42. The normalized spacial score (nSPS) is 12.0. The van der Waals surface area contributed by atoms with Crippen LogP contribution in [0.3, 0.4) is 0 Å². The molecule has 0 unspecified atom stereocenters. The van der Waals surface area contributed by atoms with Crippen LogP contribution in [0, 0.1) is 0 Å². The number of ether oxygens (including phenoxy) is 1. The van der Waals surface area contributed by atoms with Crippen molar-refractivity contribution in [3.8, 4) is 17.2 Å². The molecule has 0 aliphatic heterocycles. The van der Waals surface area contributed by atoms with Crippen LogP contribution in [0.5, 0.6) is 5.75 Å². The van der Waals surface area contributed by atoms with Gasteiger partial charge in [-0.2, -0.15) is 21.6 Å². The molecule has 12 heteroatoms. The van der Waals surface area contributed by atoms with Gasteiger partial charge in [0.1, 0.15) is 6.26 Å². The molecular formula is C14H12F3NO7S. The molecule has 1 aromatic heterocycles. The zero-order valence-corrected chi connectivity index (χ0v) is 13.9. The number of alkyl halides is 3. The molecule has 8 nitrogen and oxygen atoms in total. The van der Waals surface area contributed by atoms with E-state index in [0.29, 0.717) is 12.1 Å². The predicted molar refractivity (Wildman–Crippen MR) is 79.5 cm³/mol. The first-order chi connectivity index (χ1) is 12.0. The van der Waals surface area contributed by atoms with Gasteiger partial charge in [0.15, 0.2) is 5.75 Å². The Labute approximate surface area is 145 Å². The summed E-state index contributed by atoms with van der Waals surface area (Å²) in [4.78, 5) is 15.3. The zero-order chi connectivity index (χ0) is 19.5. The third-order valence-electron chi connectivity index (χ3n) is 2.92. The minimum atomic E-state index is -5.10. The number of oxazole rings is 1. The predicted octanol–water partition coefficient (Wildman–Crippen LogP) is 2.65. The molecule has 0 atom stereocenters. The van der Waals surface area contributed by atoms with E-state index in [1.807, 2.05) is 0 Å². The van der Waals surface area contributed by atoms with Crippen molar-refractivity contribution in [2.45, 2.75) is 19.5 Å². The van der Waals surface area contributed by atoms with E-state index in [4.69, 9.17) is 13.7 Å². The number of carbonyl (C=O) groups excluding carboxylic acids is 1. The maximum absolute atomic E-state index is 12.8. The van der Waals surface area contributed by atoms with Crippen molar-refractivity contribution in [3.05, 3.63) is 35.7 Å². The molecule has 142 valence electrons. The standard InChI is InChI=1S/C14H12F3NO7S/c1-2-23-12(19)6-9-7-24-13(18-9)10-4-3-8(14(15,16)17)5-11(10)25-26(20,21)22/h3-5,7H,2,6H2,1H3,(H,20,21,22). The van der Waals surface area contributed by atoms with E-state index in [1.165, 1.54) is 0 Å². The first-order valence-corrected chi connectivity index (χ1v) is 8.34. The molecule has 0 bridgehead atoms. The fourth-order valence-corrected chi connectivity index (χ4v) is 2.29. The van der Waals surface area contributed by atoms with Gasteiger partial charge in [0.05, 0.1) is 29.8 Å². The van der Waals surface area contributed by atoms with Crippen LogP contribution in [0.4, 0.5) is 13.2 Å². The van der Waals surface area contributed by atoms with Gasteiger partial charge in [-0.15, -0.1) is 0 Å². The van der Waals surface area contributed by atoms with Crippen LogP contribution in [0.1, 0.15) is 18.2 Å². The van der Waals surface area contributed by atoms with E-state index in [9.17, 15) is 26.4 Å². The molecule has 0 saturated heterocycles. The number of hydrogen-bond donors (Lipinski definition) is 1. The molecule has 1 heterocycles. The van der Waals surface area contributed by atoms with Gasteiger partial charge < -0.3 is 13.3 Å². The van der Waals surface area contributed by atoms with Crippen LogP contribution in [-0.2, 0) is 32.5 Å². The number of carbonyl (C=O) groups is 1. The van der Waals surface area contributed by atoms with E-state index >= 15 is 0 Å². The zero-order valence-electron chi connectivity index (χ0n) is 13.1. The number of halogens is 3. The van der Waals surface area contributed by atoms with E-state index in [1.54, 1.807) is 6.92 Å². The lowest BCUT2D eigenvalue weighted by Gasteiger charge is -2.11. The highest BCUT2D eigenvalue weighted by atomic mass is 32.3. The van der Waals surface area contributed by atoms with Gasteiger partial charge in [0.25, 0.3) is 0 Å². The molecule has 2 aromatic rings. The molecule has 0 fully saturated rings. The highest BCUT2D eigenvalue weighted by Gasteiger charge is 2.32. The Hall–Kier alpha value is -2.60. The van der Waals surface area contributed by atoms with Crippen LogP contribution < -0.4 is 4.18 Å². The van der Waals surface area contributed by atoms with Gasteiger partial charge in [-0.3, -0.25) is 9.35 Å². The van der Waals surface area contributed by atoms with Gasteiger partial charge in [0.2, 0.25) is 5.89 Å². The van der Waals surface area contributed by atoms with E-state index in [0.717, 1.165) is 12.3 Å². The molecule has 1 aromatic carbocycles. The van der Waals surface area contributed by atoms with Crippen molar-refractivity contribution in [3.63, 3.8) is 0 Å². The number of nitrogens with zero attached hydrogens (tertiary/aromatic N) is 1. The summed E-state index contributed by atoms with van der Waals surface area (Å²) in [6, 6.07) is 1.89. The summed E-state index contributed by atoms with van der Waals surface area (Å²) in [6.45, 7) is 1.75. The quantitative estimate of drug-likeness (QED) is 0.586. The summed E-state index contributed by atoms with van der Waals surface area (Å²) in [6.07, 6.45) is -3.98. The van der Waals surface area contributed by atoms with E-state index in [2.05, 4.69) is 9.17 Å². The number of aromatic nitrogens is 1.